The average molecular weight is 303 g/mol. The first-order valence-electron chi connectivity index (χ1n) is 6.03. The Bertz CT molecular complexity index is 362. The SMILES string of the molecule is CCn1ncc(Br)c1C(NN)C1CCCOC1. The monoisotopic (exact) mass is 302 g/mol. The van der Waals surface area contributed by atoms with E-state index in [9.17, 15) is 0 Å². The molecular weight excluding hydrogens is 284 g/mol. The van der Waals surface area contributed by atoms with E-state index in [4.69, 9.17) is 10.6 Å². The van der Waals surface area contributed by atoms with Gasteiger partial charge in [0, 0.05) is 19.1 Å². The van der Waals surface area contributed by atoms with Crippen molar-refractivity contribution in [1.29, 1.82) is 0 Å². The van der Waals surface area contributed by atoms with Crippen LogP contribution in [0.15, 0.2) is 10.7 Å². The number of hydrazine groups is 1. The van der Waals surface area contributed by atoms with E-state index in [2.05, 4.69) is 33.4 Å². The summed E-state index contributed by atoms with van der Waals surface area (Å²) in [6.07, 6.45) is 4.06. The zero-order valence-electron chi connectivity index (χ0n) is 10.0. The number of halogens is 1. The Morgan fingerprint density at radius 2 is 2.59 bits per heavy atom. The lowest BCUT2D eigenvalue weighted by molar-refractivity contribution is 0.0375. The van der Waals surface area contributed by atoms with Gasteiger partial charge in [0.05, 0.1) is 29.0 Å². The van der Waals surface area contributed by atoms with Gasteiger partial charge in [0.25, 0.3) is 0 Å². The molecule has 1 aromatic rings. The molecule has 6 heteroatoms. The number of aryl methyl sites for hydroxylation is 1. The fourth-order valence-electron chi connectivity index (χ4n) is 2.40. The number of nitrogens with two attached hydrogens (primary N) is 1. The van der Waals surface area contributed by atoms with Gasteiger partial charge in [-0.15, -0.1) is 0 Å². The van der Waals surface area contributed by atoms with Crippen LogP contribution in [0.1, 0.15) is 31.5 Å². The van der Waals surface area contributed by atoms with Gasteiger partial charge in [0.15, 0.2) is 0 Å². The highest BCUT2D eigenvalue weighted by Crippen LogP contribution is 2.32. The van der Waals surface area contributed by atoms with E-state index in [1.54, 1.807) is 0 Å². The summed E-state index contributed by atoms with van der Waals surface area (Å²) in [5, 5.41) is 4.33. The summed E-state index contributed by atoms with van der Waals surface area (Å²) in [4.78, 5) is 0. The van der Waals surface area contributed by atoms with Crippen LogP contribution in [0.3, 0.4) is 0 Å². The largest absolute Gasteiger partial charge is 0.381 e. The standard InChI is InChI=1S/C11H19BrN4O/c1-2-16-11(9(12)6-14-16)10(15-13)8-4-3-5-17-7-8/h6,8,10,15H,2-5,7,13H2,1H3. The second-order valence-electron chi connectivity index (χ2n) is 4.32. The summed E-state index contributed by atoms with van der Waals surface area (Å²) in [5.74, 6) is 6.13. The van der Waals surface area contributed by atoms with Crippen LogP contribution in [0.2, 0.25) is 0 Å². The lowest BCUT2D eigenvalue weighted by Gasteiger charge is -2.30. The van der Waals surface area contributed by atoms with Gasteiger partial charge in [-0.3, -0.25) is 16.0 Å². The van der Waals surface area contributed by atoms with E-state index in [0.717, 1.165) is 42.8 Å². The van der Waals surface area contributed by atoms with Crippen molar-refractivity contribution in [3.05, 3.63) is 16.4 Å². The zero-order chi connectivity index (χ0) is 12.3. The van der Waals surface area contributed by atoms with Gasteiger partial charge >= 0.3 is 0 Å². The maximum Gasteiger partial charge on any atom is 0.0712 e. The van der Waals surface area contributed by atoms with Crippen LogP contribution >= 0.6 is 15.9 Å². The number of ether oxygens (including phenoxy) is 1. The van der Waals surface area contributed by atoms with Crippen molar-refractivity contribution in [2.75, 3.05) is 13.2 Å². The van der Waals surface area contributed by atoms with Gasteiger partial charge in [-0.1, -0.05) is 0 Å². The molecule has 0 aromatic carbocycles. The van der Waals surface area contributed by atoms with Crippen LogP contribution in [0.25, 0.3) is 0 Å². The molecule has 2 atom stereocenters. The van der Waals surface area contributed by atoms with Crippen LogP contribution < -0.4 is 11.3 Å². The quantitative estimate of drug-likeness (QED) is 0.655. The Hall–Kier alpha value is -0.430. The van der Waals surface area contributed by atoms with Gasteiger partial charge in [-0.2, -0.15) is 5.10 Å². The molecule has 2 heterocycles. The van der Waals surface area contributed by atoms with Crippen molar-refractivity contribution in [2.24, 2.45) is 11.8 Å². The van der Waals surface area contributed by atoms with E-state index in [1.165, 1.54) is 0 Å². The maximum atomic E-state index is 5.72. The van der Waals surface area contributed by atoms with Gasteiger partial charge in [-0.05, 0) is 35.7 Å². The normalized spacial score (nSPS) is 22.6. The summed E-state index contributed by atoms with van der Waals surface area (Å²) in [6, 6.07) is 0.0899. The molecule has 0 saturated carbocycles. The molecule has 96 valence electrons. The molecule has 17 heavy (non-hydrogen) atoms. The minimum absolute atomic E-state index is 0.0899. The molecule has 1 aromatic heterocycles. The highest BCUT2D eigenvalue weighted by molar-refractivity contribution is 9.10. The highest BCUT2D eigenvalue weighted by atomic mass is 79.9. The third-order valence-corrected chi connectivity index (χ3v) is 3.88. The molecule has 3 N–H and O–H groups in total. The predicted octanol–water partition coefficient (Wildman–Crippen LogP) is 1.60. The molecule has 0 spiro atoms. The van der Waals surface area contributed by atoms with Crippen LogP contribution in [-0.4, -0.2) is 23.0 Å². The maximum absolute atomic E-state index is 5.72. The van der Waals surface area contributed by atoms with Crippen molar-refractivity contribution in [1.82, 2.24) is 15.2 Å². The van der Waals surface area contributed by atoms with Crippen LogP contribution in [0, 0.1) is 5.92 Å². The fraction of sp³-hybridized carbons (Fsp3) is 0.727. The molecule has 1 aliphatic heterocycles. The van der Waals surface area contributed by atoms with Crippen molar-refractivity contribution < 1.29 is 4.74 Å². The second kappa shape index (κ2) is 5.95. The molecule has 1 fully saturated rings. The van der Waals surface area contributed by atoms with Crippen molar-refractivity contribution in [3.63, 3.8) is 0 Å². The summed E-state index contributed by atoms with van der Waals surface area (Å²) in [5.41, 5.74) is 4.04. The lowest BCUT2D eigenvalue weighted by Crippen LogP contribution is -2.38. The van der Waals surface area contributed by atoms with Crippen molar-refractivity contribution in [2.45, 2.75) is 32.4 Å². The first-order valence-corrected chi connectivity index (χ1v) is 6.82. The average Bonchev–Trinajstić information content (AvgIpc) is 2.74. The molecule has 5 nitrogen and oxygen atoms in total. The van der Waals surface area contributed by atoms with Gasteiger partial charge in [0.1, 0.15) is 0 Å². The summed E-state index contributed by atoms with van der Waals surface area (Å²) >= 11 is 3.55. The van der Waals surface area contributed by atoms with E-state index in [1.807, 2.05) is 10.9 Å². The number of nitrogens with one attached hydrogen (secondary N) is 1. The Balaban J connectivity index is 2.23. The molecule has 0 amide bonds. The minimum Gasteiger partial charge on any atom is -0.381 e. The molecule has 0 bridgehead atoms. The smallest absolute Gasteiger partial charge is 0.0712 e. The van der Waals surface area contributed by atoms with Crippen LogP contribution in [0.5, 0.6) is 0 Å². The molecule has 2 rings (SSSR count). The topological polar surface area (TPSA) is 65.1 Å². The summed E-state index contributed by atoms with van der Waals surface area (Å²) in [7, 11) is 0. The van der Waals surface area contributed by atoms with Crippen molar-refractivity contribution in [3.8, 4) is 0 Å². The van der Waals surface area contributed by atoms with Gasteiger partial charge < -0.3 is 4.74 Å². The summed E-state index contributed by atoms with van der Waals surface area (Å²) in [6.45, 7) is 4.54. The number of hydrogen-bond donors (Lipinski definition) is 2. The Labute approximate surface area is 110 Å². The predicted molar refractivity (Wildman–Crippen MR) is 69.2 cm³/mol. The Morgan fingerprint density at radius 3 is 3.18 bits per heavy atom. The van der Waals surface area contributed by atoms with E-state index < -0.39 is 0 Å². The third-order valence-electron chi connectivity index (χ3n) is 3.27. The van der Waals surface area contributed by atoms with E-state index in [-0.39, 0.29) is 6.04 Å². The minimum atomic E-state index is 0.0899. The number of hydrogen-bond acceptors (Lipinski definition) is 4. The lowest BCUT2D eigenvalue weighted by atomic mass is 9.92. The number of aromatic nitrogens is 2. The molecule has 0 aliphatic carbocycles. The molecular formula is C11H19BrN4O. The van der Waals surface area contributed by atoms with Crippen LogP contribution in [0.4, 0.5) is 0 Å². The fourth-order valence-corrected chi connectivity index (χ4v) is 2.94. The van der Waals surface area contributed by atoms with Crippen LogP contribution in [-0.2, 0) is 11.3 Å². The third kappa shape index (κ3) is 2.70. The van der Waals surface area contributed by atoms with Crippen molar-refractivity contribution >= 4 is 15.9 Å². The first kappa shape index (κ1) is 13.0. The highest BCUT2D eigenvalue weighted by Gasteiger charge is 2.28. The first-order chi connectivity index (χ1) is 8.27. The van der Waals surface area contributed by atoms with E-state index in [0.29, 0.717) is 5.92 Å². The molecule has 1 aliphatic rings. The molecule has 2 unspecified atom stereocenters. The Kier molecular flexibility index (Phi) is 4.55. The zero-order valence-corrected chi connectivity index (χ0v) is 11.6. The Morgan fingerprint density at radius 1 is 1.76 bits per heavy atom. The van der Waals surface area contributed by atoms with Gasteiger partial charge in [0.2, 0.25) is 0 Å². The second-order valence-corrected chi connectivity index (χ2v) is 5.17. The summed E-state index contributed by atoms with van der Waals surface area (Å²) < 4.78 is 8.52. The van der Waals surface area contributed by atoms with E-state index >= 15 is 0 Å². The molecule has 1 saturated heterocycles. The van der Waals surface area contributed by atoms with Gasteiger partial charge in [-0.25, -0.2) is 0 Å². The molecule has 0 radical (unpaired) electrons. The number of rotatable bonds is 4. The number of nitrogens with zero attached hydrogens (tertiary/aromatic N) is 2.